The third kappa shape index (κ3) is 3.54. The molecule has 0 aliphatic heterocycles. The number of thiazole rings is 1. The summed E-state index contributed by atoms with van der Waals surface area (Å²) in [7, 11) is 0. The number of pyridine rings is 1. The molecule has 2 rings (SSSR count). The second kappa shape index (κ2) is 6.47. The Hall–Kier alpha value is -1.95. The number of carbonyl (C=O) groups excluding carboxylic acids is 1. The van der Waals surface area contributed by atoms with E-state index in [-0.39, 0.29) is 12.1 Å². The monoisotopic (exact) mass is 291 g/mol. The summed E-state index contributed by atoms with van der Waals surface area (Å²) in [6, 6.07) is 3.43. The van der Waals surface area contributed by atoms with Gasteiger partial charge in [0.1, 0.15) is 11.4 Å². The minimum atomic E-state index is -0.364. The highest BCUT2D eigenvalue weighted by Crippen LogP contribution is 2.18. The molecule has 0 radical (unpaired) electrons. The van der Waals surface area contributed by atoms with Crippen molar-refractivity contribution < 1.29 is 9.53 Å². The zero-order valence-corrected chi connectivity index (χ0v) is 12.5. The maximum Gasteiger partial charge on any atom is 0.342 e. The number of rotatable bonds is 5. The van der Waals surface area contributed by atoms with E-state index in [1.54, 1.807) is 35.2 Å². The zero-order valence-electron chi connectivity index (χ0n) is 11.7. The van der Waals surface area contributed by atoms with Crippen LogP contribution in [0.2, 0.25) is 0 Å². The smallest absolute Gasteiger partial charge is 0.342 e. The molecule has 0 aromatic carbocycles. The van der Waals surface area contributed by atoms with Crippen LogP contribution in [0.4, 0.5) is 5.82 Å². The van der Waals surface area contributed by atoms with Crippen LogP contribution in [0.5, 0.6) is 0 Å². The SMILES string of the molecule is Cc1ncsc1CNc1ncccc1C(=O)OC(C)C. The normalized spacial score (nSPS) is 10.6. The van der Waals surface area contributed by atoms with E-state index in [9.17, 15) is 4.79 Å². The van der Waals surface area contributed by atoms with E-state index in [0.29, 0.717) is 17.9 Å². The Kier molecular flexibility index (Phi) is 4.68. The molecule has 1 N–H and O–H groups in total. The molecule has 106 valence electrons. The van der Waals surface area contributed by atoms with Gasteiger partial charge in [0.15, 0.2) is 0 Å². The number of hydrogen-bond donors (Lipinski definition) is 1. The topological polar surface area (TPSA) is 64.1 Å². The van der Waals surface area contributed by atoms with Gasteiger partial charge in [-0.2, -0.15) is 0 Å². The van der Waals surface area contributed by atoms with E-state index in [1.807, 2.05) is 20.8 Å². The van der Waals surface area contributed by atoms with E-state index in [0.717, 1.165) is 10.6 Å². The van der Waals surface area contributed by atoms with Gasteiger partial charge in [0.05, 0.1) is 23.9 Å². The Morgan fingerprint density at radius 3 is 2.90 bits per heavy atom. The van der Waals surface area contributed by atoms with Crippen molar-refractivity contribution >= 4 is 23.1 Å². The number of esters is 1. The Bertz CT molecular complexity index is 596. The highest BCUT2D eigenvalue weighted by Gasteiger charge is 2.15. The van der Waals surface area contributed by atoms with Crippen molar-refractivity contribution in [3.05, 3.63) is 40.0 Å². The number of ether oxygens (including phenoxy) is 1. The molecule has 5 nitrogen and oxygen atoms in total. The number of aromatic nitrogens is 2. The van der Waals surface area contributed by atoms with Crippen molar-refractivity contribution in [2.45, 2.75) is 33.4 Å². The summed E-state index contributed by atoms with van der Waals surface area (Å²) in [5, 5.41) is 3.17. The van der Waals surface area contributed by atoms with Crippen LogP contribution < -0.4 is 5.32 Å². The van der Waals surface area contributed by atoms with E-state index in [1.165, 1.54) is 0 Å². The van der Waals surface area contributed by atoms with Gasteiger partial charge in [0.25, 0.3) is 0 Å². The van der Waals surface area contributed by atoms with Crippen LogP contribution in [-0.4, -0.2) is 22.0 Å². The summed E-state index contributed by atoms with van der Waals surface area (Å²) in [5.74, 6) is 0.169. The number of anilines is 1. The van der Waals surface area contributed by atoms with Crippen LogP contribution in [0.3, 0.4) is 0 Å². The first-order valence-electron chi connectivity index (χ1n) is 6.36. The van der Waals surface area contributed by atoms with E-state index in [4.69, 9.17) is 4.74 Å². The average molecular weight is 291 g/mol. The van der Waals surface area contributed by atoms with Crippen molar-refractivity contribution in [1.82, 2.24) is 9.97 Å². The molecule has 0 unspecified atom stereocenters. The van der Waals surface area contributed by atoms with Crippen LogP contribution in [0.1, 0.15) is 34.8 Å². The molecule has 0 atom stereocenters. The van der Waals surface area contributed by atoms with Gasteiger partial charge in [0.2, 0.25) is 0 Å². The Balaban J connectivity index is 2.12. The van der Waals surface area contributed by atoms with Gasteiger partial charge in [0, 0.05) is 11.1 Å². The third-order valence-electron chi connectivity index (χ3n) is 2.63. The van der Waals surface area contributed by atoms with Crippen molar-refractivity contribution in [3.8, 4) is 0 Å². The number of aryl methyl sites for hydroxylation is 1. The molecule has 0 aliphatic rings. The fraction of sp³-hybridized carbons (Fsp3) is 0.357. The van der Waals surface area contributed by atoms with Crippen LogP contribution >= 0.6 is 11.3 Å². The molecule has 0 saturated heterocycles. The van der Waals surface area contributed by atoms with Crippen LogP contribution in [0, 0.1) is 6.92 Å². The third-order valence-corrected chi connectivity index (χ3v) is 3.57. The summed E-state index contributed by atoms with van der Waals surface area (Å²) in [5.41, 5.74) is 3.24. The van der Waals surface area contributed by atoms with E-state index >= 15 is 0 Å². The molecular weight excluding hydrogens is 274 g/mol. The van der Waals surface area contributed by atoms with Crippen LogP contribution in [0.25, 0.3) is 0 Å². The molecule has 2 aromatic rings. The van der Waals surface area contributed by atoms with Crippen molar-refractivity contribution in [3.63, 3.8) is 0 Å². The summed E-state index contributed by atoms with van der Waals surface area (Å²) < 4.78 is 5.21. The molecule has 6 heteroatoms. The van der Waals surface area contributed by atoms with Crippen molar-refractivity contribution in [2.75, 3.05) is 5.32 Å². The largest absolute Gasteiger partial charge is 0.459 e. The van der Waals surface area contributed by atoms with Gasteiger partial charge >= 0.3 is 5.97 Å². The molecule has 0 saturated carbocycles. The minimum absolute atomic E-state index is 0.153. The number of hydrogen-bond acceptors (Lipinski definition) is 6. The number of nitrogens with zero attached hydrogens (tertiary/aromatic N) is 2. The van der Waals surface area contributed by atoms with Gasteiger partial charge in [-0.3, -0.25) is 0 Å². The van der Waals surface area contributed by atoms with Gasteiger partial charge in [-0.1, -0.05) is 0 Å². The van der Waals surface area contributed by atoms with Gasteiger partial charge in [-0.05, 0) is 32.9 Å². The van der Waals surface area contributed by atoms with E-state index < -0.39 is 0 Å². The Morgan fingerprint density at radius 2 is 2.25 bits per heavy atom. The predicted molar refractivity (Wildman–Crippen MR) is 79.0 cm³/mol. The molecule has 0 spiro atoms. The molecule has 0 bridgehead atoms. The van der Waals surface area contributed by atoms with Gasteiger partial charge in [-0.15, -0.1) is 11.3 Å². The summed E-state index contributed by atoms with van der Waals surface area (Å²) >= 11 is 1.58. The first-order valence-corrected chi connectivity index (χ1v) is 7.24. The summed E-state index contributed by atoms with van der Waals surface area (Å²) in [6.07, 6.45) is 1.49. The summed E-state index contributed by atoms with van der Waals surface area (Å²) in [4.78, 5) is 21.5. The second-order valence-electron chi connectivity index (χ2n) is 4.57. The molecular formula is C14H17N3O2S. The van der Waals surface area contributed by atoms with Gasteiger partial charge < -0.3 is 10.1 Å². The lowest BCUT2D eigenvalue weighted by Crippen LogP contribution is -2.15. The maximum absolute atomic E-state index is 12.0. The fourth-order valence-corrected chi connectivity index (χ4v) is 2.37. The first-order chi connectivity index (χ1) is 9.58. The lowest BCUT2D eigenvalue weighted by Gasteiger charge is -2.12. The quantitative estimate of drug-likeness (QED) is 0.858. The predicted octanol–water partition coefficient (Wildman–Crippen LogP) is 3.02. The molecule has 2 aromatic heterocycles. The number of carbonyl (C=O) groups is 1. The van der Waals surface area contributed by atoms with Crippen molar-refractivity contribution in [2.24, 2.45) is 0 Å². The highest BCUT2D eigenvalue weighted by molar-refractivity contribution is 7.09. The van der Waals surface area contributed by atoms with Crippen LogP contribution in [-0.2, 0) is 11.3 Å². The molecule has 0 aliphatic carbocycles. The minimum Gasteiger partial charge on any atom is -0.459 e. The summed E-state index contributed by atoms with van der Waals surface area (Å²) in [6.45, 7) is 6.19. The lowest BCUT2D eigenvalue weighted by molar-refractivity contribution is 0.0378. The Morgan fingerprint density at radius 1 is 1.45 bits per heavy atom. The van der Waals surface area contributed by atoms with Crippen molar-refractivity contribution in [1.29, 1.82) is 0 Å². The fourth-order valence-electron chi connectivity index (χ4n) is 1.65. The number of nitrogens with one attached hydrogen (secondary N) is 1. The van der Waals surface area contributed by atoms with Crippen LogP contribution in [0.15, 0.2) is 23.8 Å². The zero-order chi connectivity index (χ0) is 14.5. The Labute approximate surface area is 122 Å². The second-order valence-corrected chi connectivity index (χ2v) is 5.51. The van der Waals surface area contributed by atoms with Gasteiger partial charge in [-0.25, -0.2) is 14.8 Å². The molecule has 2 heterocycles. The first kappa shape index (κ1) is 14.5. The highest BCUT2D eigenvalue weighted by atomic mass is 32.1. The average Bonchev–Trinajstić information content (AvgIpc) is 2.81. The lowest BCUT2D eigenvalue weighted by atomic mass is 10.2. The molecule has 20 heavy (non-hydrogen) atoms. The maximum atomic E-state index is 12.0. The van der Waals surface area contributed by atoms with E-state index in [2.05, 4.69) is 15.3 Å². The molecule has 0 fully saturated rings. The standard InChI is InChI=1S/C14H17N3O2S/c1-9(2)19-14(18)11-5-4-6-15-13(11)16-7-12-10(3)17-8-20-12/h4-6,8-9H,7H2,1-3H3,(H,15,16). The molecule has 0 amide bonds.